The van der Waals surface area contributed by atoms with E-state index >= 15 is 0 Å². The molecule has 1 fully saturated rings. The number of aliphatic hydroxyl groups is 2. The van der Waals surface area contributed by atoms with Crippen LogP contribution in [0.4, 0.5) is 0 Å². The zero-order valence-corrected chi connectivity index (χ0v) is 10.7. The van der Waals surface area contributed by atoms with E-state index in [1.54, 1.807) is 11.3 Å². The maximum absolute atomic E-state index is 9.87. The highest BCUT2D eigenvalue weighted by Gasteiger charge is 2.35. The van der Waals surface area contributed by atoms with Crippen molar-refractivity contribution in [3.05, 3.63) is 20.8 Å². The summed E-state index contributed by atoms with van der Waals surface area (Å²) in [6.45, 7) is 2.12. The summed E-state index contributed by atoms with van der Waals surface area (Å²) in [4.78, 5) is 3.45. The minimum Gasteiger partial charge on any atom is -0.393 e. The number of hydrogen-bond donors (Lipinski definition) is 2. The van der Waals surface area contributed by atoms with Gasteiger partial charge in [-0.25, -0.2) is 0 Å². The summed E-state index contributed by atoms with van der Waals surface area (Å²) in [6, 6.07) is 2.04. The van der Waals surface area contributed by atoms with Gasteiger partial charge < -0.3 is 10.2 Å². The van der Waals surface area contributed by atoms with Gasteiger partial charge in [0.25, 0.3) is 0 Å². The molecule has 2 rings (SSSR count). The molecule has 1 atom stereocenters. The molecule has 0 aliphatic carbocycles. The second kappa shape index (κ2) is 4.51. The van der Waals surface area contributed by atoms with Crippen molar-refractivity contribution in [1.82, 2.24) is 4.90 Å². The fraction of sp³-hybridized carbons (Fsp3) is 0.600. The largest absolute Gasteiger partial charge is 0.393 e. The van der Waals surface area contributed by atoms with Crippen LogP contribution in [0.1, 0.15) is 11.3 Å². The Bertz CT molecular complexity index is 344. The third-order valence-corrected chi connectivity index (χ3v) is 4.67. The van der Waals surface area contributed by atoms with Crippen molar-refractivity contribution in [3.63, 3.8) is 0 Å². The third-order valence-electron chi connectivity index (χ3n) is 2.76. The molecule has 1 aliphatic heterocycles. The Morgan fingerprint density at radius 1 is 1.60 bits per heavy atom. The van der Waals surface area contributed by atoms with Crippen molar-refractivity contribution in [1.29, 1.82) is 0 Å². The van der Waals surface area contributed by atoms with Gasteiger partial charge in [0.2, 0.25) is 0 Å². The maximum Gasteiger partial charge on any atom is 0.102 e. The minimum atomic E-state index is -0.885. The Kier molecular flexibility index (Phi) is 3.47. The number of thiophene rings is 1. The second-order valence-electron chi connectivity index (χ2n) is 4.03. The molecule has 1 unspecified atom stereocenters. The first-order valence-corrected chi connectivity index (χ1v) is 6.58. The average molecular weight is 292 g/mol. The molecule has 5 heteroatoms. The first-order valence-electron chi connectivity index (χ1n) is 4.90. The number of rotatable bonds is 3. The van der Waals surface area contributed by atoms with Crippen molar-refractivity contribution in [2.24, 2.45) is 0 Å². The van der Waals surface area contributed by atoms with E-state index in [0.717, 1.165) is 17.6 Å². The van der Waals surface area contributed by atoms with Crippen molar-refractivity contribution in [2.75, 3.05) is 19.7 Å². The van der Waals surface area contributed by atoms with Gasteiger partial charge >= 0.3 is 0 Å². The number of hydrogen-bond acceptors (Lipinski definition) is 4. The topological polar surface area (TPSA) is 43.7 Å². The van der Waals surface area contributed by atoms with Crippen LogP contribution in [0, 0.1) is 0 Å². The SMILES string of the molecule is OCC1(O)CCN(Cc2sccc2Br)C1. The van der Waals surface area contributed by atoms with Crippen molar-refractivity contribution >= 4 is 27.3 Å². The summed E-state index contributed by atoms with van der Waals surface area (Å²) in [5, 5.41) is 21.0. The summed E-state index contributed by atoms with van der Waals surface area (Å²) in [5.41, 5.74) is -0.885. The number of nitrogens with zero attached hydrogens (tertiary/aromatic N) is 1. The van der Waals surface area contributed by atoms with Gasteiger partial charge in [-0.1, -0.05) is 0 Å². The molecular weight excluding hydrogens is 278 g/mol. The van der Waals surface area contributed by atoms with Gasteiger partial charge in [0.05, 0.1) is 6.61 Å². The molecule has 0 amide bonds. The van der Waals surface area contributed by atoms with E-state index < -0.39 is 5.60 Å². The van der Waals surface area contributed by atoms with Gasteiger partial charge in [-0.05, 0) is 33.8 Å². The lowest BCUT2D eigenvalue weighted by Gasteiger charge is -2.20. The van der Waals surface area contributed by atoms with E-state index in [9.17, 15) is 5.11 Å². The molecule has 0 saturated carbocycles. The van der Waals surface area contributed by atoms with Gasteiger partial charge in [-0.15, -0.1) is 11.3 Å². The van der Waals surface area contributed by atoms with Crippen LogP contribution in [0.25, 0.3) is 0 Å². The van der Waals surface area contributed by atoms with Crippen LogP contribution in [0.3, 0.4) is 0 Å². The van der Waals surface area contributed by atoms with Gasteiger partial charge in [0.1, 0.15) is 5.60 Å². The second-order valence-corrected chi connectivity index (χ2v) is 5.89. The Morgan fingerprint density at radius 2 is 2.40 bits per heavy atom. The summed E-state index contributed by atoms with van der Waals surface area (Å²) in [5.74, 6) is 0. The first kappa shape index (κ1) is 11.5. The lowest BCUT2D eigenvalue weighted by atomic mass is 10.1. The first-order chi connectivity index (χ1) is 7.13. The number of β-amino-alcohol motifs (C(OH)–C–C–N with tert-alkyl or cyclic N) is 1. The predicted octanol–water partition coefficient (Wildman–Crippen LogP) is 1.44. The van der Waals surface area contributed by atoms with Crippen LogP contribution in [-0.2, 0) is 6.54 Å². The van der Waals surface area contributed by atoms with E-state index in [1.807, 2.05) is 11.4 Å². The van der Waals surface area contributed by atoms with Gasteiger partial charge in [-0.2, -0.15) is 0 Å². The number of halogens is 1. The Balaban J connectivity index is 1.96. The molecular formula is C10H14BrNO2S. The Labute approximate surface area is 101 Å². The summed E-state index contributed by atoms with van der Waals surface area (Å²) >= 11 is 5.20. The van der Waals surface area contributed by atoms with Crippen molar-refractivity contribution in [3.8, 4) is 0 Å². The molecule has 1 aliphatic rings. The van der Waals surface area contributed by atoms with Crippen molar-refractivity contribution < 1.29 is 10.2 Å². The smallest absolute Gasteiger partial charge is 0.102 e. The summed E-state index contributed by atoms with van der Waals surface area (Å²) < 4.78 is 1.13. The molecule has 0 aromatic carbocycles. The monoisotopic (exact) mass is 291 g/mol. The van der Waals surface area contributed by atoms with Crippen LogP contribution in [0.15, 0.2) is 15.9 Å². The average Bonchev–Trinajstić information content (AvgIpc) is 2.77. The van der Waals surface area contributed by atoms with Crippen LogP contribution in [-0.4, -0.2) is 40.4 Å². The zero-order valence-electron chi connectivity index (χ0n) is 8.32. The van der Waals surface area contributed by atoms with Crippen LogP contribution in [0.2, 0.25) is 0 Å². The highest BCUT2D eigenvalue weighted by molar-refractivity contribution is 9.10. The molecule has 1 aromatic rings. The summed E-state index contributed by atoms with van der Waals surface area (Å²) in [6.07, 6.45) is 0.659. The van der Waals surface area contributed by atoms with Crippen molar-refractivity contribution in [2.45, 2.75) is 18.6 Å². The lowest BCUT2D eigenvalue weighted by molar-refractivity contribution is -0.00575. The highest BCUT2D eigenvalue weighted by Crippen LogP contribution is 2.28. The van der Waals surface area contributed by atoms with Crippen LogP contribution >= 0.6 is 27.3 Å². The maximum atomic E-state index is 9.87. The molecule has 1 aromatic heterocycles. The molecule has 2 heterocycles. The molecule has 15 heavy (non-hydrogen) atoms. The third kappa shape index (κ3) is 2.60. The van der Waals surface area contributed by atoms with Crippen LogP contribution < -0.4 is 0 Å². The number of aliphatic hydroxyl groups excluding tert-OH is 1. The van der Waals surface area contributed by atoms with E-state index in [0.29, 0.717) is 13.0 Å². The molecule has 3 nitrogen and oxygen atoms in total. The van der Waals surface area contributed by atoms with E-state index in [-0.39, 0.29) is 6.61 Å². The normalized spacial score (nSPS) is 27.4. The minimum absolute atomic E-state index is 0.144. The standard InChI is InChI=1S/C10H14BrNO2S/c11-8-1-4-15-9(8)5-12-3-2-10(14,6-12)7-13/h1,4,13-14H,2-3,5-7H2. The van der Waals surface area contributed by atoms with E-state index in [4.69, 9.17) is 5.11 Å². The van der Waals surface area contributed by atoms with Gasteiger partial charge in [0, 0.05) is 29.0 Å². The zero-order chi connectivity index (χ0) is 10.9. The van der Waals surface area contributed by atoms with E-state index in [1.165, 1.54) is 4.88 Å². The quantitative estimate of drug-likeness (QED) is 0.886. The molecule has 1 saturated heterocycles. The highest BCUT2D eigenvalue weighted by atomic mass is 79.9. The van der Waals surface area contributed by atoms with Gasteiger partial charge in [-0.3, -0.25) is 4.90 Å². The fourth-order valence-corrected chi connectivity index (χ4v) is 3.36. The van der Waals surface area contributed by atoms with E-state index in [2.05, 4.69) is 20.8 Å². The number of likely N-dealkylation sites (tertiary alicyclic amines) is 1. The lowest BCUT2D eigenvalue weighted by Crippen LogP contribution is -2.36. The molecule has 2 N–H and O–H groups in total. The molecule has 84 valence electrons. The fourth-order valence-electron chi connectivity index (χ4n) is 1.85. The Hall–Kier alpha value is 0.0600. The molecule has 0 radical (unpaired) electrons. The van der Waals surface area contributed by atoms with Crippen LogP contribution in [0.5, 0.6) is 0 Å². The van der Waals surface area contributed by atoms with Gasteiger partial charge in [0.15, 0.2) is 0 Å². The molecule has 0 bridgehead atoms. The Morgan fingerprint density at radius 3 is 2.93 bits per heavy atom. The predicted molar refractivity (Wildman–Crippen MR) is 63.9 cm³/mol. The summed E-state index contributed by atoms with van der Waals surface area (Å²) in [7, 11) is 0. The molecule has 0 spiro atoms.